The SMILES string of the molecule is NCCc1c(C(=O)O)nnn1CC1(O)CCCCC1. The minimum Gasteiger partial charge on any atom is -0.476 e. The normalized spacial score (nSPS) is 18.4. The van der Waals surface area contributed by atoms with Crippen molar-refractivity contribution in [3.63, 3.8) is 0 Å². The Morgan fingerprint density at radius 1 is 1.37 bits per heavy atom. The van der Waals surface area contributed by atoms with Crippen molar-refractivity contribution in [3.05, 3.63) is 11.4 Å². The second kappa shape index (κ2) is 5.66. The highest BCUT2D eigenvalue weighted by Crippen LogP contribution is 2.29. The summed E-state index contributed by atoms with van der Waals surface area (Å²) in [6, 6.07) is 0. The molecule has 1 fully saturated rings. The number of aliphatic hydroxyl groups is 1. The van der Waals surface area contributed by atoms with Crippen LogP contribution in [0.4, 0.5) is 0 Å². The number of aromatic nitrogens is 3. The van der Waals surface area contributed by atoms with E-state index in [0.717, 1.165) is 32.1 Å². The third kappa shape index (κ3) is 3.10. The molecule has 1 aliphatic carbocycles. The lowest BCUT2D eigenvalue weighted by Gasteiger charge is -2.32. The minimum absolute atomic E-state index is 0.0649. The molecule has 0 aromatic carbocycles. The summed E-state index contributed by atoms with van der Waals surface area (Å²) >= 11 is 0. The van der Waals surface area contributed by atoms with E-state index < -0.39 is 11.6 Å². The third-order valence-corrected chi connectivity index (χ3v) is 3.65. The summed E-state index contributed by atoms with van der Waals surface area (Å²) in [5, 5.41) is 27.1. The summed E-state index contributed by atoms with van der Waals surface area (Å²) in [6.07, 6.45) is 4.95. The van der Waals surface area contributed by atoms with Gasteiger partial charge in [-0.3, -0.25) is 0 Å². The highest BCUT2D eigenvalue weighted by atomic mass is 16.4. The number of aromatic carboxylic acids is 1. The van der Waals surface area contributed by atoms with Gasteiger partial charge in [-0.25, -0.2) is 9.48 Å². The number of nitrogens with two attached hydrogens (primary N) is 1. The van der Waals surface area contributed by atoms with Crippen LogP contribution in [0.25, 0.3) is 0 Å². The molecule has 0 radical (unpaired) electrons. The summed E-state index contributed by atoms with van der Waals surface area (Å²) in [7, 11) is 0. The van der Waals surface area contributed by atoms with E-state index in [0.29, 0.717) is 25.2 Å². The minimum atomic E-state index is -1.11. The number of hydrogen-bond donors (Lipinski definition) is 3. The van der Waals surface area contributed by atoms with Crippen LogP contribution in [0.1, 0.15) is 48.3 Å². The number of carboxylic acid groups (broad SMARTS) is 1. The summed E-state index contributed by atoms with van der Waals surface area (Å²) in [5.74, 6) is -1.11. The number of carbonyl (C=O) groups is 1. The van der Waals surface area contributed by atoms with Gasteiger partial charge in [-0.1, -0.05) is 24.5 Å². The van der Waals surface area contributed by atoms with Crippen LogP contribution in [0.2, 0.25) is 0 Å². The van der Waals surface area contributed by atoms with E-state index in [-0.39, 0.29) is 5.69 Å². The fourth-order valence-corrected chi connectivity index (χ4v) is 2.66. The summed E-state index contributed by atoms with van der Waals surface area (Å²) in [5.41, 5.74) is 5.13. The highest BCUT2D eigenvalue weighted by Gasteiger charge is 2.31. The molecule has 1 aromatic heterocycles. The second-order valence-electron chi connectivity index (χ2n) is 5.17. The average molecular weight is 268 g/mol. The zero-order valence-electron chi connectivity index (χ0n) is 10.9. The van der Waals surface area contributed by atoms with Gasteiger partial charge in [0.05, 0.1) is 17.8 Å². The molecule has 1 aromatic rings. The number of rotatable bonds is 5. The van der Waals surface area contributed by atoms with E-state index >= 15 is 0 Å². The van der Waals surface area contributed by atoms with E-state index in [4.69, 9.17) is 10.8 Å². The summed E-state index contributed by atoms with van der Waals surface area (Å²) in [6.45, 7) is 0.620. The zero-order chi connectivity index (χ0) is 13.9. The van der Waals surface area contributed by atoms with Crippen molar-refractivity contribution >= 4 is 5.97 Å². The van der Waals surface area contributed by atoms with Gasteiger partial charge >= 0.3 is 5.97 Å². The molecule has 0 unspecified atom stereocenters. The van der Waals surface area contributed by atoms with Crippen LogP contribution in [0, 0.1) is 0 Å². The van der Waals surface area contributed by atoms with Gasteiger partial charge < -0.3 is 15.9 Å². The van der Waals surface area contributed by atoms with Crippen molar-refractivity contribution in [2.45, 2.75) is 50.7 Å². The van der Waals surface area contributed by atoms with E-state index in [9.17, 15) is 9.90 Å². The fraction of sp³-hybridized carbons (Fsp3) is 0.750. The Labute approximate surface area is 111 Å². The Morgan fingerprint density at radius 3 is 2.63 bits per heavy atom. The first-order valence-electron chi connectivity index (χ1n) is 6.64. The van der Waals surface area contributed by atoms with Gasteiger partial charge in [0.2, 0.25) is 0 Å². The van der Waals surface area contributed by atoms with Crippen molar-refractivity contribution in [2.24, 2.45) is 5.73 Å². The van der Waals surface area contributed by atoms with Crippen molar-refractivity contribution in [3.8, 4) is 0 Å². The molecule has 0 saturated heterocycles. The average Bonchev–Trinajstić information content (AvgIpc) is 2.73. The molecule has 19 heavy (non-hydrogen) atoms. The van der Waals surface area contributed by atoms with Crippen LogP contribution >= 0.6 is 0 Å². The van der Waals surface area contributed by atoms with Gasteiger partial charge in [-0.2, -0.15) is 0 Å². The Hall–Kier alpha value is -1.47. The Balaban J connectivity index is 2.21. The van der Waals surface area contributed by atoms with Crippen LogP contribution < -0.4 is 5.73 Å². The van der Waals surface area contributed by atoms with E-state index in [1.165, 1.54) is 4.68 Å². The summed E-state index contributed by atoms with van der Waals surface area (Å²) in [4.78, 5) is 11.1. The largest absolute Gasteiger partial charge is 0.476 e. The Kier molecular flexibility index (Phi) is 4.16. The first-order valence-corrected chi connectivity index (χ1v) is 6.64. The van der Waals surface area contributed by atoms with Crippen LogP contribution in [-0.4, -0.2) is 43.3 Å². The molecule has 1 aliphatic rings. The maximum Gasteiger partial charge on any atom is 0.358 e. The molecule has 1 saturated carbocycles. The molecule has 0 spiro atoms. The monoisotopic (exact) mass is 268 g/mol. The molecule has 1 heterocycles. The molecule has 0 aliphatic heterocycles. The van der Waals surface area contributed by atoms with E-state index in [1.807, 2.05) is 0 Å². The van der Waals surface area contributed by atoms with Gasteiger partial charge in [0.25, 0.3) is 0 Å². The first-order chi connectivity index (χ1) is 9.06. The lowest BCUT2D eigenvalue weighted by Crippen LogP contribution is -2.37. The third-order valence-electron chi connectivity index (χ3n) is 3.65. The molecule has 0 atom stereocenters. The second-order valence-corrected chi connectivity index (χ2v) is 5.17. The molecule has 7 heteroatoms. The standard InChI is InChI=1S/C12H20N4O3/c13-7-4-9-10(11(17)18)14-15-16(9)8-12(19)5-2-1-3-6-12/h19H,1-8,13H2,(H,17,18). The van der Waals surface area contributed by atoms with Crippen LogP contribution in [0.15, 0.2) is 0 Å². The van der Waals surface area contributed by atoms with Gasteiger partial charge in [0, 0.05) is 6.42 Å². The van der Waals surface area contributed by atoms with Crippen molar-refractivity contribution in [1.29, 1.82) is 0 Å². The smallest absolute Gasteiger partial charge is 0.358 e. The maximum absolute atomic E-state index is 11.1. The van der Waals surface area contributed by atoms with Gasteiger partial charge in [0.15, 0.2) is 5.69 Å². The quantitative estimate of drug-likeness (QED) is 0.701. The molecule has 7 nitrogen and oxygen atoms in total. The van der Waals surface area contributed by atoms with Crippen LogP contribution in [0.3, 0.4) is 0 Å². The van der Waals surface area contributed by atoms with Gasteiger partial charge in [-0.15, -0.1) is 5.10 Å². The molecule has 106 valence electrons. The fourth-order valence-electron chi connectivity index (χ4n) is 2.66. The van der Waals surface area contributed by atoms with Crippen LogP contribution in [-0.2, 0) is 13.0 Å². The number of nitrogens with zero attached hydrogens (tertiary/aromatic N) is 3. The summed E-state index contributed by atoms with van der Waals surface area (Å²) < 4.78 is 1.50. The topological polar surface area (TPSA) is 114 Å². The van der Waals surface area contributed by atoms with Gasteiger partial charge in [0.1, 0.15) is 0 Å². The number of carboxylic acids is 1. The Bertz CT molecular complexity index is 452. The Morgan fingerprint density at radius 2 is 2.05 bits per heavy atom. The van der Waals surface area contributed by atoms with Gasteiger partial charge in [-0.05, 0) is 19.4 Å². The molecule has 0 bridgehead atoms. The predicted octanol–water partition coefficient (Wildman–Crippen LogP) is 0.173. The maximum atomic E-state index is 11.1. The van der Waals surface area contributed by atoms with E-state index in [1.54, 1.807) is 0 Å². The van der Waals surface area contributed by atoms with Crippen molar-refractivity contribution in [2.75, 3.05) is 6.54 Å². The van der Waals surface area contributed by atoms with Crippen LogP contribution in [0.5, 0.6) is 0 Å². The lowest BCUT2D eigenvalue weighted by molar-refractivity contribution is -0.0153. The number of hydrogen-bond acceptors (Lipinski definition) is 5. The molecular weight excluding hydrogens is 248 g/mol. The zero-order valence-corrected chi connectivity index (χ0v) is 10.9. The molecule has 0 amide bonds. The first kappa shape index (κ1) is 14.0. The van der Waals surface area contributed by atoms with Crippen molar-refractivity contribution < 1.29 is 15.0 Å². The molecule has 2 rings (SSSR count). The predicted molar refractivity (Wildman–Crippen MR) is 67.8 cm³/mol. The highest BCUT2D eigenvalue weighted by molar-refractivity contribution is 5.86. The van der Waals surface area contributed by atoms with Crippen molar-refractivity contribution in [1.82, 2.24) is 15.0 Å². The molecular formula is C12H20N4O3. The van der Waals surface area contributed by atoms with E-state index in [2.05, 4.69) is 10.3 Å². The lowest BCUT2D eigenvalue weighted by atomic mass is 9.85. The molecule has 4 N–H and O–H groups in total.